The SMILES string of the molecule is CC(C)CC(=O)CCCOCCn1nnc2c1-c1ccccc1CN(C(=O)CCNC(=O)C(C)C)c1ccccc1-2.CC(C)CC(=O)CCCOCCn1nnc2c1-c1ccccc1N(C(=O)CCNC(=O)C(C)C)Cc1ccccc1-2. The van der Waals surface area contributed by atoms with Gasteiger partial charge in [0, 0.05) is 98.9 Å². The zero-order valence-corrected chi connectivity index (χ0v) is 49.1. The van der Waals surface area contributed by atoms with Crippen LogP contribution in [0.15, 0.2) is 97.1 Å². The lowest BCUT2D eigenvalue weighted by Gasteiger charge is -2.29. The fourth-order valence-electron chi connectivity index (χ4n) is 10.0. The largest absolute Gasteiger partial charge is 0.380 e. The Labute approximate surface area is 482 Å². The minimum absolute atomic E-state index is 0.0685. The van der Waals surface area contributed by atoms with Gasteiger partial charge >= 0.3 is 0 Å². The van der Waals surface area contributed by atoms with Crippen molar-refractivity contribution in [2.45, 2.75) is 133 Å². The molecule has 4 aromatic carbocycles. The normalized spacial score (nSPS) is 12.4. The summed E-state index contributed by atoms with van der Waals surface area (Å²) in [5, 5.41) is 23.9. The van der Waals surface area contributed by atoms with E-state index in [1.165, 1.54) is 0 Å². The molecule has 2 N–H and O–H groups in total. The van der Waals surface area contributed by atoms with Crippen LogP contribution in [0.25, 0.3) is 45.0 Å². The topological polar surface area (TPSA) is 213 Å². The average Bonchev–Trinajstić information content (AvgIpc) is 2.76. The molecule has 0 bridgehead atoms. The Bertz CT molecular complexity index is 3140. The lowest BCUT2D eigenvalue weighted by Crippen LogP contribution is -2.36. The van der Waals surface area contributed by atoms with Crippen LogP contribution in [0, 0.1) is 23.7 Å². The molecule has 0 saturated heterocycles. The van der Waals surface area contributed by atoms with Crippen molar-refractivity contribution in [3.63, 3.8) is 0 Å². The highest BCUT2D eigenvalue weighted by molar-refractivity contribution is 6.01. The van der Waals surface area contributed by atoms with E-state index in [9.17, 15) is 28.8 Å². The molecule has 18 heteroatoms. The number of aromatic nitrogens is 6. The molecule has 0 aliphatic carbocycles. The van der Waals surface area contributed by atoms with Crippen molar-refractivity contribution in [2.24, 2.45) is 23.7 Å². The number of amides is 4. The molecule has 2 aliphatic heterocycles. The molecule has 0 radical (unpaired) electrons. The second kappa shape index (κ2) is 30.4. The Morgan fingerprint density at radius 3 is 1.34 bits per heavy atom. The van der Waals surface area contributed by atoms with Gasteiger partial charge in [0.05, 0.1) is 62.2 Å². The number of carbonyl (C=O) groups excluding carboxylic acids is 6. The molecule has 436 valence electrons. The van der Waals surface area contributed by atoms with Crippen LogP contribution in [-0.2, 0) is 64.4 Å². The maximum absolute atomic E-state index is 13.6. The molecule has 8 rings (SSSR count). The highest BCUT2D eigenvalue weighted by atomic mass is 16.5. The molecule has 4 amide bonds. The summed E-state index contributed by atoms with van der Waals surface area (Å²) >= 11 is 0. The van der Waals surface area contributed by atoms with Crippen molar-refractivity contribution in [1.29, 1.82) is 0 Å². The van der Waals surface area contributed by atoms with Crippen molar-refractivity contribution in [2.75, 3.05) is 49.3 Å². The van der Waals surface area contributed by atoms with Crippen molar-refractivity contribution in [1.82, 2.24) is 40.6 Å². The Balaban J connectivity index is 0.000000236. The highest BCUT2D eigenvalue weighted by Crippen LogP contribution is 2.43. The number of benzene rings is 4. The molecule has 2 aliphatic rings. The molecular weight excluding hydrogens is 1040 g/mol. The standard InChI is InChI=1S/2C32H41N5O4/c1-22(2)20-25(38)11-9-18-41-19-17-37-31-26-12-6-5-10-24(26)21-36(29(39)15-16-33-32(40)23(3)4)28-14-8-7-13-27(28)30(31)34-35-37;1-22(2)20-25(38)11-9-18-41-19-17-37-31-27-13-7-8-14-28(27)36(29(39)15-16-33-32(40)23(3)4)21-24-10-5-6-12-26(24)30(31)34-35-37/h2*5-8,10,12-14,22-23H,9,11,15-21H2,1-4H3,(H,33,40). The first-order valence-corrected chi connectivity index (χ1v) is 29.1. The molecular formula is C64H82N10O8. The van der Waals surface area contributed by atoms with Crippen molar-refractivity contribution < 1.29 is 38.2 Å². The Morgan fingerprint density at radius 2 is 0.866 bits per heavy atom. The predicted octanol–water partition coefficient (Wildman–Crippen LogP) is 10.1. The first-order chi connectivity index (χ1) is 39.5. The molecule has 4 heterocycles. The Hall–Kier alpha value is -7.70. The van der Waals surface area contributed by atoms with Crippen LogP contribution in [0.1, 0.15) is 118 Å². The van der Waals surface area contributed by atoms with Gasteiger partial charge in [0.2, 0.25) is 23.6 Å². The molecule has 6 aromatic rings. The average molecular weight is 1120 g/mol. The van der Waals surface area contributed by atoms with Gasteiger partial charge in [-0.1, -0.05) is 151 Å². The smallest absolute Gasteiger partial charge is 0.229 e. The number of para-hydroxylation sites is 2. The number of ketones is 2. The van der Waals surface area contributed by atoms with E-state index >= 15 is 0 Å². The molecule has 0 fully saturated rings. The van der Waals surface area contributed by atoms with Crippen LogP contribution in [0.2, 0.25) is 0 Å². The van der Waals surface area contributed by atoms with E-state index in [1.54, 1.807) is 9.80 Å². The quantitative estimate of drug-likeness (QED) is 0.0486. The van der Waals surface area contributed by atoms with Gasteiger partial charge in [-0.05, 0) is 47.9 Å². The van der Waals surface area contributed by atoms with Crippen LogP contribution in [-0.4, -0.2) is 105 Å². The second-order valence-electron chi connectivity index (χ2n) is 22.4. The van der Waals surface area contributed by atoms with E-state index in [0.717, 1.165) is 61.8 Å². The zero-order valence-electron chi connectivity index (χ0n) is 49.1. The van der Waals surface area contributed by atoms with Crippen LogP contribution in [0.3, 0.4) is 0 Å². The number of nitrogens with one attached hydrogen (secondary N) is 2. The molecule has 0 spiro atoms. The number of hydrogen-bond donors (Lipinski definition) is 2. The summed E-state index contributed by atoms with van der Waals surface area (Å²) in [6.07, 6.45) is 4.09. The monoisotopic (exact) mass is 1120 g/mol. The van der Waals surface area contributed by atoms with Crippen LogP contribution < -0.4 is 20.4 Å². The lowest BCUT2D eigenvalue weighted by atomic mass is 9.95. The second-order valence-corrected chi connectivity index (χ2v) is 22.4. The van der Waals surface area contributed by atoms with Gasteiger partial charge in [-0.3, -0.25) is 28.8 Å². The fourth-order valence-corrected chi connectivity index (χ4v) is 10.0. The fraction of sp³-hybridized carbons (Fsp3) is 0.469. The van der Waals surface area contributed by atoms with E-state index < -0.39 is 0 Å². The zero-order chi connectivity index (χ0) is 58.7. The predicted molar refractivity (Wildman–Crippen MR) is 318 cm³/mol. The van der Waals surface area contributed by atoms with Crippen LogP contribution in [0.5, 0.6) is 0 Å². The molecule has 2 aromatic heterocycles. The number of ether oxygens (including phenoxy) is 2. The van der Waals surface area contributed by atoms with Gasteiger partial charge < -0.3 is 29.9 Å². The highest BCUT2D eigenvalue weighted by Gasteiger charge is 2.31. The summed E-state index contributed by atoms with van der Waals surface area (Å²) in [6.45, 7) is 19.8. The first-order valence-electron chi connectivity index (χ1n) is 29.1. The van der Waals surface area contributed by atoms with Gasteiger partial charge in [-0.25, -0.2) is 9.36 Å². The number of Topliss-reactive ketones (excluding diaryl/α,β-unsaturated/α-hetero) is 2. The third kappa shape index (κ3) is 16.7. The van der Waals surface area contributed by atoms with Gasteiger partial charge in [0.15, 0.2) is 0 Å². The van der Waals surface area contributed by atoms with Crippen LogP contribution >= 0.6 is 0 Å². The molecule has 0 saturated carbocycles. The molecule has 0 atom stereocenters. The van der Waals surface area contributed by atoms with E-state index in [4.69, 9.17) is 9.47 Å². The Kier molecular flexibility index (Phi) is 22.9. The molecule has 18 nitrogen and oxygen atoms in total. The number of hydrogen-bond acceptors (Lipinski definition) is 12. The van der Waals surface area contributed by atoms with E-state index in [-0.39, 0.29) is 73.0 Å². The van der Waals surface area contributed by atoms with E-state index in [0.29, 0.717) is 109 Å². The molecule has 82 heavy (non-hydrogen) atoms. The summed E-state index contributed by atoms with van der Waals surface area (Å²) < 4.78 is 15.4. The van der Waals surface area contributed by atoms with Gasteiger partial charge in [-0.15, -0.1) is 10.2 Å². The summed E-state index contributed by atoms with van der Waals surface area (Å²) in [5.74, 6) is 0.753. The summed E-state index contributed by atoms with van der Waals surface area (Å²) in [5.41, 5.74) is 10.3. The van der Waals surface area contributed by atoms with Crippen molar-refractivity contribution >= 4 is 46.6 Å². The number of anilines is 2. The van der Waals surface area contributed by atoms with E-state index in [2.05, 4.69) is 59.0 Å². The third-order valence-electron chi connectivity index (χ3n) is 14.2. The summed E-state index contributed by atoms with van der Waals surface area (Å²) in [4.78, 5) is 78.7. The number of rotatable bonds is 26. The third-order valence-corrected chi connectivity index (χ3v) is 14.2. The number of fused-ring (bicyclic) bond motifs is 10. The van der Waals surface area contributed by atoms with Crippen LogP contribution in [0.4, 0.5) is 11.4 Å². The van der Waals surface area contributed by atoms with E-state index in [1.807, 2.05) is 134 Å². The van der Waals surface area contributed by atoms with Gasteiger partial charge in [0.1, 0.15) is 23.0 Å². The minimum atomic E-state index is -0.137. The lowest BCUT2D eigenvalue weighted by molar-refractivity contribution is -0.125. The summed E-state index contributed by atoms with van der Waals surface area (Å²) in [6, 6.07) is 31.5. The summed E-state index contributed by atoms with van der Waals surface area (Å²) in [7, 11) is 0. The van der Waals surface area contributed by atoms with Crippen molar-refractivity contribution in [3.05, 3.63) is 108 Å². The minimum Gasteiger partial charge on any atom is -0.380 e. The molecule has 0 unspecified atom stereocenters. The van der Waals surface area contributed by atoms with Gasteiger partial charge in [-0.2, -0.15) is 0 Å². The Morgan fingerprint density at radius 1 is 0.476 bits per heavy atom. The number of nitrogens with zero attached hydrogens (tertiary/aromatic N) is 8. The first kappa shape index (κ1) is 61.9. The number of carbonyl (C=O) groups is 6. The van der Waals surface area contributed by atoms with Gasteiger partial charge in [0.25, 0.3) is 0 Å². The maximum atomic E-state index is 13.6. The maximum Gasteiger partial charge on any atom is 0.229 e. The van der Waals surface area contributed by atoms with Crippen molar-refractivity contribution in [3.8, 4) is 45.0 Å².